The van der Waals surface area contributed by atoms with Crippen molar-refractivity contribution in [3.63, 3.8) is 0 Å². The number of hydrogen-bond donors (Lipinski definition) is 3. The minimum atomic E-state index is -3.83. The first kappa shape index (κ1) is 32.9. The van der Waals surface area contributed by atoms with E-state index < -0.39 is 15.6 Å². The molecule has 11 nitrogen and oxygen atoms in total. The Bertz CT molecular complexity index is 1830. The predicted molar refractivity (Wildman–Crippen MR) is 180 cm³/mol. The molecule has 5 rings (SSSR count). The van der Waals surface area contributed by atoms with Crippen LogP contribution >= 0.6 is 0 Å². The molecule has 0 atom stereocenters. The zero-order valence-corrected chi connectivity index (χ0v) is 28.0. The zero-order chi connectivity index (χ0) is 33.1. The lowest BCUT2D eigenvalue weighted by Crippen LogP contribution is -2.42. The van der Waals surface area contributed by atoms with E-state index in [4.69, 9.17) is 14.5 Å². The number of amides is 1. The van der Waals surface area contributed by atoms with Gasteiger partial charge in [-0.3, -0.25) is 4.72 Å². The molecule has 3 N–H and O–H groups in total. The molecule has 244 valence electrons. The van der Waals surface area contributed by atoms with Crippen LogP contribution in [0.4, 0.5) is 16.6 Å². The maximum absolute atomic E-state index is 13.0. The van der Waals surface area contributed by atoms with Crippen molar-refractivity contribution in [3.05, 3.63) is 65.9 Å². The molecule has 0 unspecified atom stereocenters. The fourth-order valence-corrected chi connectivity index (χ4v) is 6.92. The van der Waals surface area contributed by atoms with Gasteiger partial charge in [0.15, 0.2) is 0 Å². The summed E-state index contributed by atoms with van der Waals surface area (Å²) >= 11 is 0. The van der Waals surface area contributed by atoms with E-state index in [0.29, 0.717) is 17.4 Å². The summed E-state index contributed by atoms with van der Waals surface area (Å²) in [6.07, 6.45) is 5.63. The van der Waals surface area contributed by atoms with Gasteiger partial charge in [-0.1, -0.05) is 25.1 Å². The number of nitrogens with one attached hydrogen (secondary N) is 3. The molecule has 1 amide bonds. The second-order valence-corrected chi connectivity index (χ2v) is 14.2. The van der Waals surface area contributed by atoms with Gasteiger partial charge in [-0.2, -0.15) is 4.98 Å². The Balaban J connectivity index is 1.31. The van der Waals surface area contributed by atoms with E-state index in [9.17, 15) is 13.2 Å². The van der Waals surface area contributed by atoms with Crippen molar-refractivity contribution in [2.24, 2.45) is 0 Å². The fraction of sp³-hybridized carbons (Fsp3) is 0.412. The van der Waals surface area contributed by atoms with Crippen LogP contribution in [0.25, 0.3) is 22.0 Å². The number of aromatic nitrogens is 3. The minimum absolute atomic E-state index is 0.0873. The molecule has 46 heavy (non-hydrogen) atoms. The summed E-state index contributed by atoms with van der Waals surface area (Å²) in [5.74, 6) is 1.03. The SMILES string of the molecule is CCc1cc(-c2ccc(NS(=O)(=O)c3ccccc3C)nc2OC)cc2cnc(NC3CCC(NC(=O)OC(C)(C)C)CC3)nc12. The van der Waals surface area contributed by atoms with Gasteiger partial charge in [-0.15, -0.1) is 0 Å². The Hall–Kier alpha value is -4.45. The highest BCUT2D eigenvalue weighted by atomic mass is 32.2. The first-order chi connectivity index (χ1) is 21.8. The van der Waals surface area contributed by atoms with Crippen molar-refractivity contribution in [2.75, 3.05) is 17.1 Å². The van der Waals surface area contributed by atoms with E-state index in [1.807, 2.05) is 33.0 Å². The Morgan fingerprint density at radius 2 is 1.72 bits per heavy atom. The topological polar surface area (TPSA) is 144 Å². The second-order valence-electron chi connectivity index (χ2n) is 12.6. The number of nitrogens with zero attached hydrogens (tertiary/aromatic N) is 3. The lowest BCUT2D eigenvalue weighted by molar-refractivity contribution is 0.0492. The number of fused-ring (bicyclic) bond motifs is 1. The number of hydrogen-bond acceptors (Lipinski definition) is 9. The molecule has 4 aromatic rings. The van der Waals surface area contributed by atoms with Crippen molar-refractivity contribution in [2.45, 2.75) is 89.3 Å². The summed E-state index contributed by atoms with van der Waals surface area (Å²) in [5.41, 5.74) is 3.60. The largest absolute Gasteiger partial charge is 0.480 e. The maximum atomic E-state index is 13.0. The molecule has 2 heterocycles. The van der Waals surface area contributed by atoms with Gasteiger partial charge in [0.25, 0.3) is 10.0 Å². The number of ether oxygens (including phenoxy) is 2. The Kier molecular flexibility index (Phi) is 9.66. The van der Waals surface area contributed by atoms with E-state index in [1.54, 1.807) is 43.3 Å². The molecule has 1 aliphatic rings. The van der Waals surface area contributed by atoms with Crippen LogP contribution in [0.3, 0.4) is 0 Å². The molecule has 1 aliphatic carbocycles. The molecule has 0 saturated heterocycles. The van der Waals surface area contributed by atoms with E-state index in [-0.39, 0.29) is 28.9 Å². The minimum Gasteiger partial charge on any atom is -0.480 e. The van der Waals surface area contributed by atoms with Gasteiger partial charge >= 0.3 is 6.09 Å². The Morgan fingerprint density at radius 1 is 1.00 bits per heavy atom. The molecule has 2 aromatic heterocycles. The molecule has 1 saturated carbocycles. The van der Waals surface area contributed by atoms with Crippen LogP contribution in [-0.4, -0.2) is 54.3 Å². The van der Waals surface area contributed by atoms with Crippen LogP contribution in [0.1, 0.15) is 64.5 Å². The fourth-order valence-electron chi connectivity index (χ4n) is 5.68. The molecule has 12 heteroatoms. The number of alkyl carbamates (subject to hydrolysis) is 1. The third-order valence-corrected chi connectivity index (χ3v) is 9.43. The van der Waals surface area contributed by atoms with Crippen molar-refractivity contribution in [1.29, 1.82) is 0 Å². The van der Waals surface area contributed by atoms with Gasteiger partial charge in [-0.25, -0.2) is 23.2 Å². The number of carbonyl (C=O) groups is 1. The molecule has 0 bridgehead atoms. The lowest BCUT2D eigenvalue weighted by Gasteiger charge is -2.30. The van der Waals surface area contributed by atoms with Gasteiger partial charge < -0.3 is 20.1 Å². The van der Waals surface area contributed by atoms with Crippen LogP contribution in [0.15, 0.2) is 59.6 Å². The smallest absolute Gasteiger partial charge is 0.407 e. The Labute approximate surface area is 270 Å². The van der Waals surface area contributed by atoms with Gasteiger partial charge in [0.1, 0.15) is 11.4 Å². The van der Waals surface area contributed by atoms with Gasteiger partial charge in [0.05, 0.1) is 17.5 Å². The highest BCUT2D eigenvalue weighted by Gasteiger charge is 2.25. The van der Waals surface area contributed by atoms with Crippen molar-refractivity contribution in [1.82, 2.24) is 20.3 Å². The number of anilines is 2. The van der Waals surface area contributed by atoms with Crippen LogP contribution in [0, 0.1) is 6.92 Å². The monoisotopic (exact) mass is 646 g/mol. The van der Waals surface area contributed by atoms with E-state index in [2.05, 4.69) is 38.3 Å². The summed E-state index contributed by atoms with van der Waals surface area (Å²) in [6, 6.07) is 14.6. The van der Waals surface area contributed by atoms with Crippen molar-refractivity contribution >= 4 is 38.8 Å². The highest BCUT2D eigenvalue weighted by molar-refractivity contribution is 7.92. The quantitative estimate of drug-likeness (QED) is 0.183. The number of methoxy groups -OCH3 is 1. The summed E-state index contributed by atoms with van der Waals surface area (Å²) in [4.78, 5) is 26.3. The summed E-state index contributed by atoms with van der Waals surface area (Å²) < 4.78 is 39.6. The zero-order valence-electron chi connectivity index (χ0n) is 27.2. The number of pyridine rings is 1. The average Bonchev–Trinajstić information content (AvgIpc) is 3.00. The van der Waals surface area contributed by atoms with Crippen molar-refractivity contribution < 1.29 is 22.7 Å². The van der Waals surface area contributed by atoms with Gasteiger partial charge in [0.2, 0.25) is 11.8 Å². The van der Waals surface area contributed by atoms with Crippen LogP contribution < -0.4 is 20.1 Å². The van der Waals surface area contributed by atoms with Crippen LogP contribution in [0.5, 0.6) is 5.88 Å². The van der Waals surface area contributed by atoms with Crippen LogP contribution in [-0.2, 0) is 21.2 Å². The van der Waals surface area contributed by atoms with E-state index in [0.717, 1.165) is 59.7 Å². The highest BCUT2D eigenvalue weighted by Crippen LogP contribution is 2.34. The molecule has 1 fully saturated rings. The maximum Gasteiger partial charge on any atom is 0.407 e. The molecular weight excluding hydrogens is 604 g/mol. The summed E-state index contributed by atoms with van der Waals surface area (Å²) in [6.45, 7) is 9.39. The summed E-state index contributed by atoms with van der Waals surface area (Å²) in [7, 11) is -2.32. The summed E-state index contributed by atoms with van der Waals surface area (Å²) in [5, 5.41) is 7.34. The average molecular weight is 647 g/mol. The predicted octanol–water partition coefficient (Wildman–Crippen LogP) is 6.62. The third kappa shape index (κ3) is 7.85. The number of rotatable bonds is 9. The first-order valence-corrected chi connectivity index (χ1v) is 17.0. The standard InChI is InChI=1S/C34H42N6O5S/c1-7-22-18-23(27-16-17-29(38-31(27)44-6)40-46(42,43)28-11-9-8-10-21(28)2)19-24-20-35-32(39-30(22)24)36-25-12-14-26(15-13-25)37-33(41)45-34(3,4)5/h8-11,16-20,25-26H,7,12-15H2,1-6H3,(H,37,41)(H,38,40)(H,35,36,39). The molecule has 0 aliphatic heterocycles. The van der Waals surface area contributed by atoms with E-state index >= 15 is 0 Å². The number of carbonyl (C=O) groups excluding carboxylic acids is 1. The number of aryl methyl sites for hydroxylation is 2. The van der Waals surface area contributed by atoms with Crippen molar-refractivity contribution in [3.8, 4) is 17.0 Å². The lowest BCUT2D eigenvalue weighted by atomic mass is 9.91. The van der Waals surface area contributed by atoms with Gasteiger partial charge in [0, 0.05) is 29.2 Å². The molecule has 2 aromatic carbocycles. The van der Waals surface area contributed by atoms with E-state index in [1.165, 1.54) is 7.11 Å². The third-order valence-electron chi connectivity index (χ3n) is 7.91. The van der Waals surface area contributed by atoms with Gasteiger partial charge in [-0.05, 0) is 107 Å². The normalized spacial score (nSPS) is 16.9. The number of benzene rings is 2. The second kappa shape index (κ2) is 13.5. The Morgan fingerprint density at radius 3 is 2.39 bits per heavy atom. The first-order valence-electron chi connectivity index (χ1n) is 15.5. The molecule has 0 spiro atoms. The molecule has 0 radical (unpaired) electrons. The molecular formula is C34H42N6O5S. The number of sulfonamides is 1. The van der Waals surface area contributed by atoms with Crippen LogP contribution in [0.2, 0.25) is 0 Å².